The Bertz CT molecular complexity index is 1360. The lowest BCUT2D eigenvalue weighted by molar-refractivity contribution is 0.0696. The topological polar surface area (TPSA) is 93.5 Å². The number of aromatic nitrogens is 2. The maximum atomic E-state index is 12.7. The average molecular weight is 502 g/mol. The molecule has 4 rings (SSSR count). The SMILES string of the molecule is CCC.CCC(C)n1c(-c2ccc(C(=O)NCc3cccc(OC)c3)cc2)nc2cc(C(=O)O)ccc21. The van der Waals surface area contributed by atoms with Crippen molar-refractivity contribution in [3.63, 3.8) is 0 Å². The molecule has 0 bridgehead atoms. The first kappa shape index (κ1) is 27.5. The molecule has 4 aromatic rings. The number of amides is 1. The largest absolute Gasteiger partial charge is 0.497 e. The Balaban J connectivity index is 0.00000121. The Hall–Kier alpha value is -4.13. The van der Waals surface area contributed by atoms with E-state index >= 15 is 0 Å². The number of nitrogens with zero attached hydrogens (tertiary/aromatic N) is 2. The number of hydrogen-bond donors (Lipinski definition) is 2. The molecule has 0 saturated heterocycles. The van der Waals surface area contributed by atoms with Crippen LogP contribution < -0.4 is 10.1 Å². The van der Waals surface area contributed by atoms with E-state index < -0.39 is 5.97 Å². The minimum atomic E-state index is -0.981. The van der Waals surface area contributed by atoms with Crippen molar-refractivity contribution >= 4 is 22.9 Å². The van der Waals surface area contributed by atoms with Crippen LogP contribution in [0.1, 0.15) is 72.9 Å². The summed E-state index contributed by atoms with van der Waals surface area (Å²) in [6.07, 6.45) is 2.14. The fourth-order valence-corrected chi connectivity index (χ4v) is 3.90. The van der Waals surface area contributed by atoms with Crippen molar-refractivity contribution in [2.45, 2.75) is 53.1 Å². The Labute approximate surface area is 218 Å². The van der Waals surface area contributed by atoms with Crippen LogP contribution in [0, 0.1) is 0 Å². The molecule has 0 radical (unpaired) electrons. The van der Waals surface area contributed by atoms with Gasteiger partial charge in [-0.2, -0.15) is 0 Å². The second-order valence-electron chi connectivity index (χ2n) is 8.89. The number of carbonyl (C=O) groups excluding carboxylic acids is 1. The molecule has 1 amide bonds. The lowest BCUT2D eigenvalue weighted by atomic mass is 10.1. The van der Waals surface area contributed by atoms with E-state index in [0.717, 1.165) is 34.6 Å². The van der Waals surface area contributed by atoms with Crippen LogP contribution in [0.3, 0.4) is 0 Å². The van der Waals surface area contributed by atoms with Crippen molar-refractivity contribution < 1.29 is 19.4 Å². The molecule has 0 aliphatic heterocycles. The van der Waals surface area contributed by atoms with Gasteiger partial charge in [0.25, 0.3) is 5.91 Å². The molecule has 7 heteroatoms. The van der Waals surface area contributed by atoms with Crippen LogP contribution in [0.2, 0.25) is 0 Å². The number of carbonyl (C=O) groups is 2. The number of rotatable bonds is 8. The Morgan fingerprint density at radius 3 is 2.30 bits per heavy atom. The number of hydrogen-bond acceptors (Lipinski definition) is 4. The normalized spacial score (nSPS) is 11.4. The molecular formula is C30H35N3O4. The predicted octanol–water partition coefficient (Wildman–Crippen LogP) is 6.73. The molecule has 1 heterocycles. The van der Waals surface area contributed by atoms with Gasteiger partial charge in [0.15, 0.2) is 0 Å². The van der Waals surface area contributed by atoms with Gasteiger partial charge in [-0.25, -0.2) is 9.78 Å². The van der Waals surface area contributed by atoms with Gasteiger partial charge in [-0.3, -0.25) is 4.79 Å². The van der Waals surface area contributed by atoms with E-state index in [9.17, 15) is 14.7 Å². The Morgan fingerprint density at radius 1 is 1.00 bits per heavy atom. The number of ether oxygens (including phenoxy) is 1. The predicted molar refractivity (Wildman–Crippen MR) is 147 cm³/mol. The summed E-state index contributed by atoms with van der Waals surface area (Å²) in [5.74, 6) is 0.341. The van der Waals surface area contributed by atoms with E-state index in [1.165, 1.54) is 6.42 Å². The number of nitrogens with one attached hydrogen (secondary N) is 1. The summed E-state index contributed by atoms with van der Waals surface area (Å²) >= 11 is 0. The average Bonchev–Trinajstić information content (AvgIpc) is 3.30. The van der Waals surface area contributed by atoms with Gasteiger partial charge in [0.2, 0.25) is 0 Å². The highest BCUT2D eigenvalue weighted by Crippen LogP contribution is 2.30. The van der Waals surface area contributed by atoms with Crippen LogP contribution in [0.5, 0.6) is 5.75 Å². The van der Waals surface area contributed by atoms with Crippen molar-refractivity contribution in [3.05, 3.63) is 83.4 Å². The summed E-state index contributed by atoms with van der Waals surface area (Å²) in [7, 11) is 1.61. The minimum absolute atomic E-state index is 0.168. The van der Waals surface area contributed by atoms with Gasteiger partial charge in [0, 0.05) is 23.7 Å². The number of carboxylic acid groups (broad SMARTS) is 1. The van der Waals surface area contributed by atoms with Crippen LogP contribution >= 0.6 is 0 Å². The number of benzene rings is 3. The van der Waals surface area contributed by atoms with Gasteiger partial charge in [0.05, 0.1) is 23.7 Å². The van der Waals surface area contributed by atoms with Crippen LogP contribution in [-0.4, -0.2) is 33.6 Å². The molecule has 0 aliphatic rings. The quantitative estimate of drug-likeness (QED) is 0.279. The Kier molecular flexibility index (Phi) is 9.44. The lowest BCUT2D eigenvalue weighted by Gasteiger charge is -2.16. The standard InChI is InChI=1S/C27H27N3O4.C3H8/c1-4-17(2)30-24-13-12-21(27(32)33)15-23(24)29-25(30)19-8-10-20(11-9-19)26(31)28-16-18-6-5-7-22(14-18)34-3;1-3-2/h5-15,17H,4,16H2,1-3H3,(H,28,31)(H,32,33);3H2,1-2H3. The second-order valence-corrected chi connectivity index (χ2v) is 8.89. The maximum absolute atomic E-state index is 12.7. The molecule has 0 fully saturated rings. The highest BCUT2D eigenvalue weighted by atomic mass is 16.5. The molecule has 2 N–H and O–H groups in total. The first-order chi connectivity index (χ1) is 17.8. The zero-order valence-electron chi connectivity index (χ0n) is 22.1. The summed E-state index contributed by atoms with van der Waals surface area (Å²) in [6.45, 7) is 8.85. The molecule has 194 valence electrons. The van der Waals surface area contributed by atoms with E-state index in [2.05, 4.69) is 37.6 Å². The van der Waals surface area contributed by atoms with Gasteiger partial charge < -0.3 is 19.7 Å². The molecule has 0 spiro atoms. The number of carboxylic acids is 1. The van der Waals surface area contributed by atoms with Gasteiger partial charge in [-0.15, -0.1) is 0 Å². The van der Waals surface area contributed by atoms with Crippen molar-refractivity contribution in [3.8, 4) is 17.1 Å². The van der Waals surface area contributed by atoms with Gasteiger partial charge >= 0.3 is 5.97 Å². The lowest BCUT2D eigenvalue weighted by Crippen LogP contribution is -2.22. The van der Waals surface area contributed by atoms with Crippen molar-refractivity contribution in [2.75, 3.05) is 7.11 Å². The fraction of sp³-hybridized carbons (Fsp3) is 0.300. The fourth-order valence-electron chi connectivity index (χ4n) is 3.90. The van der Waals surface area contributed by atoms with E-state index in [4.69, 9.17) is 9.72 Å². The number of imidazole rings is 1. The summed E-state index contributed by atoms with van der Waals surface area (Å²) < 4.78 is 7.35. The second kappa shape index (κ2) is 12.7. The summed E-state index contributed by atoms with van der Waals surface area (Å²) in [5, 5.41) is 12.3. The zero-order chi connectivity index (χ0) is 26.9. The van der Waals surface area contributed by atoms with Gasteiger partial charge in [-0.05, 0) is 61.4 Å². The van der Waals surface area contributed by atoms with Crippen LogP contribution in [-0.2, 0) is 6.54 Å². The highest BCUT2D eigenvalue weighted by molar-refractivity contribution is 5.95. The van der Waals surface area contributed by atoms with Crippen LogP contribution in [0.25, 0.3) is 22.4 Å². The summed E-state index contributed by atoms with van der Waals surface area (Å²) in [5.41, 5.74) is 4.08. The first-order valence-electron chi connectivity index (χ1n) is 12.6. The molecule has 37 heavy (non-hydrogen) atoms. The number of aromatic carboxylic acids is 1. The van der Waals surface area contributed by atoms with Crippen molar-refractivity contribution in [2.24, 2.45) is 0 Å². The van der Waals surface area contributed by atoms with E-state index in [0.29, 0.717) is 17.6 Å². The van der Waals surface area contributed by atoms with E-state index in [-0.39, 0.29) is 17.5 Å². The smallest absolute Gasteiger partial charge is 0.335 e. The molecule has 0 saturated carbocycles. The number of methoxy groups -OCH3 is 1. The highest BCUT2D eigenvalue weighted by Gasteiger charge is 2.18. The molecule has 1 aromatic heterocycles. The molecule has 3 aromatic carbocycles. The molecule has 1 unspecified atom stereocenters. The maximum Gasteiger partial charge on any atom is 0.335 e. The molecule has 7 nitrogen and oxygen atoms in total. The summed E-state index contributed by atoms with van der Waals surface area (Å²) in [6, 6.07) is 20.0. The zero-order valence-corrected chi connectivity index (χ0v) is 22.1. The third-order valence-corrected chi connectivity index (χ3v) is 5.96. The summed E-state index contributed by atoms with van der Waals surface area (Å²) in [4.78, 5) is 28.8. The monoisotopic (exact) mass is 501 g/mol. The van der Waals surface area contributed by atoms with Gasteiger partial charge in [-0.1, -0.05) is 51.5 Å². The third kappa shape index (κ3) is 6.55. The minimum Gasteiger partial charge on any atom is -0.497 e. The van der Waals surface area contributed by atoms with Crippen LogP contribution in [0.15, 0.2) is 66.7 Å². The first-order valence-corrected chi connectivity index (χ1v) is 12.6. The Morgan fingerprint density at radius 2 is 1.68 bits per heavy atom. The van der Waals surface area contributed by atoms with Crippen molar-refractivity contribution in [1.82, 2.24) is 14.9 Å². The third-order valence-electron chi connectivity index (χ3n) is 5.96. The molecular weight excluding hydrogens is 466 g/mol. The van der Waals surface area contributed by atoms with Crippen molar-refractivity contribution in [1.29, 1.82) is 0 Å². The van der Waals surface area contributed by atoms with Gasteiger partial charge in [0.1, 0.15) is 11.6 Å². The van der Waals surface area contributed by atoms with E-state index in [1.807, 2.05) is 42.5 Å². The molecule has 1 atom stereocenters. The van der Waals surface area contributed by atoms with E-state index in [1.54, 1.807) is 31.4 Å². The molecule has 0 aliphatic carbocycles. The van der Waals surface area contributed by atoms with Crippen LogP contribution in [0.4, 0.5) is 0 Å². The number of fused-ring (bicyclic) bond motifs is 1.